The van der Waals surface area contributed by atoms with Crippen LogP contribution in [0.25, 0.3) is 10.8 Å². The molecule has 4 rings (SSSR count). The Kier molecular flexibility index (Phi) is 9.47. The highest BCUT2D eigenvalue weighted by atomic mass is 79.9. The van der Waals surface area contributed by atoms with E-state index in [2.05, 4.69) is 31.5 Å². The van der Waals surface area contributed by atoms with E-state index in [0.717, 1.165) is 10.8 Å². The molecule has 0 aliphatic carbocycles. The van der Waals surface area contributed by atoms with Crippen LogP contribution in [0.4, 0.5) is 21.0 Å². The largest absolute Gasteiger partial charge is 0.448 e. The Hall–Kier alpha value is -4.44. The third-order valence-electron chi connectivity index (χ3n) is 5.67. The third-order valence-corrected chi connectivity index (χ3v) is 6.10. The molecule has 0 bridgehead atoms. The first kappa shape index (κ1) is 27.6. The predicted molar refractivity (Wildman–Crippen MR) is 153 cm³/mol. The van der Waals surface area contributed by atoms with E-state index in [1.54, 1.807) is 37.4 Å². The van der Waals surface area contributed by atoms with Crippen molar-refractivity contribution in [1.29, 1.82) is 0 Å². The SMILES string of the molecule is CC(COC(=O)Nc1cccc2ccccc12)NC(=O)OCCN(C(=O)c1cncc(Br)c1)c1ccccc1. The second-order valence-corrected chi connectivity index (χ2v) is 9.53. The number of amides is 3. The lowest BCUT2D eigenvalue weighted by Gasteiger charge is -2.23. The second kappa shape index (κ2) is 13.4. The van der Waals surface area contributed by atoms with Crippen molar-refractivity contribution in [2.45, 2.75) is 13.0 Å². The summed E-state index contributed by atoms with van der Waals surface area (Å²) in [4.78, 5) is 43.4. The summed E-state index contributed by atoms with van der Waals surface area (Å²) < 4.78 is 11.2. The fraction of sp³-hybridized carbons (Fsp3) is 0.172. The minimum absolute atomic E-state index is 0.0525. The molecule has 39 heavy (non-hydrogen) atoms. The molecule has 0 saturated carbocycles. The zero-order valence-corrected chi connectivity index (χ0v) is 22.8. The Morgan fingerprint density at radius 1 is 0.923 bits per heavy atom. The molecule has 1 unspecified atom stereocenters. The number of carbonyl (C=O) groups is 3. The van der Waals surface area contributed by atoms with Crippen molar-refractivity contribution in [1.82, 2.24) is 10.3 Å². The van der Waals surface area contributed by atoms with E-state index in [9.17, 15) is 14.4 Å². The number of alkyl carbamates (subject to hydrolysis) is 1. The Morgan fingerprint density at radius 2 is 1.67 bits per heavy atom. The Balaban J connectivity index is 1.25. The van der Waals surface area contributed by atoms with Crippen molar-refractivity contribution in [3.63, 3.8) is 0 Å². The van der Waals surface area contributed by atoms with Crippen molar-refractivity contribution >= 4 is 56.2 Å². The van der Waals surface area contributed by atoms with Crippen LogP contribution >= 0.6 is 15.9 Å². The average molecular weight is 591 g/mol. The van der Waals surface area contributed by atoms with Gasteiger partial charge in [-0.2, -0.15) is 0 Å². The van der Waals surface area contributed by atoms with Crippen LogP contribution in [0.15, 0.2) is 95.7 Å². The van der Waals surface area contributed by atoms with Crippen molar-refractivity contribution in [2.75, 3.05) is 30.0 Å². The maximum atomic E-state index is 13.2. The first-order valence-corrected chi connectivity index (χ1v) is 13.0. The summed E-state index contributed by atoms with van der Waals surface area (Å²) in [6.45, 7) is 1.70. The molecular formula is C29H27BrN4O5. The smallest absolute Gasteiger partial charge is 0.411 e. The number of pyridine rings is 1. The summed E-state index contributed by atoms with van der Waals surface area (Å²) in [6.07, 6.45) is 1.75. The predicted octanol–water partition coefficient (Wildman–Crippen LogP) is 6.01. The van der Waals surface area contributed by atoms with E-state index in [0.29, 0.717) is 21.4 Å². The molecule has 0 aliphatic heterocycles. The zero-order valence-electron chi connectivity index (χ0n) is 21.2. The molecule has 3 amide bonds. The maximum absolute atomic E-state index is 13.2. The molecule has 9 nitrogen and oxygen atoms in total. The molecule has 10 heteroatoms. The average Bonchev–Trinajstić information content (AvgIpc) is 2.94. The summed E-state index contributed by atoms with van der Waals surface area (Å²) in [6, 6.07) is 23.5. The fourth-order valence-electron chi connectivity index (χ4n) is 3.84. The van der Waals surface area contributed by atoms with Crippen LogP contribution in [0.3, 0.4) is 0 Å². The van der Waals surface area contributed by atoms with Gasteiger partial charge in [0.2, 0.25) is 0 Å². The first-order valence-electron chi connectivity index (χ1n) is 12.2. The number of aromatic nitrogens is 1. The lowest BCUT2D eigenvalue weighted by Crippen LogP contribution is -2.39. The van der Waals surface area contributed by atoms with E-state index < -0.39 is 18.2 Å². The highest BCUT2D eigenvalue weighted by molar-refractivity contribution is 9.10. The topological polar surface area (TPSA) is 110 Å². The van der Waals surface area contributed by atoms with Crippen LogP contribution in [0.5, 0.6) is 0 Å². The van der Waals surface area contributed by atoms with Crippen LogP contribution in [0, 0.1) is 0 Å². The van der Waals surface area contributed by atoms with Gasteiger partial charge in [-0.15, -0.1) is 0 Å². The molecule has 0 aliphatic rings. The van der Waals surface area contributed by atoms with Gasteiger partial charge >= 0.3 is 12.2 Å². The van der Waals surface area contributed by atoms with Gasteiger partial charge in [0.25, 0.3) is 5.91 Å². The molecule has 0 spiro atoms. The van der Waals surface area contributed by atoms with Crippen molar-refractivity contribution in [3.8, 4) is 0 Å². The third kappa shape index (κ3) is 7.78. The standard InChI is InChI=1S/C29H27BrN4O5/c1-20(19-39-29(37)33-26-13-7-9-21-8-5-6-12-25(21)26)32-28(36)38-15-14-34(24-10-3-2-4-11-24)27(35)22-16-23(30)18-31-17-22/h2-13,16-18,20H,14-15,19H2,1H3,(H,32,36)(H,33,37). The van der Waals surface area contributed by atoms with Gasteiger partial charge in [0.15, 0.2) is 0 Å². The first-order chi connectivity index (χ1) is 18.9. The second-order valence-electron chi connectivity index (χ2n) is 8.62. The van der Waals surface area contributed by atoms with Gasteiger partial charge in [-0.1, -0.05) is 54.6 Å². The van der Waals surface area contributed by atoms with Crippen LogP contribution < -0.4 is 15.5 Å². The number of halogens is 1. The van der Waals surface area contributed by atoms with Gasteiger partial charge in [-0.3, -0.25) is 15.1 Å². The summed E-state index contributed by atoms with van der Waals surface area (Å²) in [5.41, 5.74) is 1.69. The molecule has 1 atom stereocenters. The normalized spacial score (nSPS) is 11.3. The molecule has 0 fully saturated rings. The van der Waals surface area contributed by atoms with Gasteiger partial charge in [-0.05, 0) is 52.5 Å². The number of benzene rings is 3. The van der Waals surface area contributed by atoms with Crippen molar-refractivity contribution in [2.24, 2.45) is 0 Å². The zero-order chi connectivity index (χ0) is 27.6. The molecule has 1 heterocycles. The highest BCUT2D eigenvalue weighted by Crippen LogP contribution is 2.23. The summed E-state index contributed by atoms with van der Waals surface area (Å²) >= 11 is 3.33. The minimum Gasteiger partial charge on any atom is -0.448 e. The van der Waals surface area contributed by atoms with E-state index in [1.165, 1.54) is 11.1 Å². The lowest BCUT2D eigenvalue weighted by atomic mass is 10.1. The van der Waals surface area contributed by atoms with E-state index in [4.69, 9.17) is 9.47 Å². The minimum atomic E-state index is -0.690. The summed E-state index contributed by atoms with van der Waals surface area (Å²) in [5, 5.41) is 7.25. The van der Waals surface area contributed by atoms with E-state index >= 15 is 0 Å². The number of carbonyl (C=O) groups excluding carboxylic acids is 3. The van der Waals surface area contributed by atoms with Crippen LogP contribution in [0.2, 0.25) is 0 Å². The van der Waals surface area contributed by atoms with Gasteiger partial charge in [0, 0.05) is 27.9 Å². The molecule has 2 N–H and O–H groups in total. The van der Waals surface area contributed by atoms with Crippen LogP contribution in [-0.4, -0.2) is 48.9 Å². The molecule has 4 aromatic rings. The van der Waals surface area contributed by atoms with Crippen LogP contribution in [0.1, 0.15) is 17.3 Å². The molecule has 0 saturated heterocycles. The van der Waals surface area contributed by atoms with Gasteiger partial charge in [0.05, 0.1) is 23.8 Å². The number of rotatable bonds is 9. The lowest BCUT2D eigenvalue weighted by molar-refractivity contribution is 0.0970. The van der Waals surface area contributed by atoms with Gasteiger partial charge in [0.1, 0.15) is 13.2 Å². The van der Waals surface area contributed by atoms with Crippen molar-refractivity contribution < 1.29 is 23.9 Å². The number of anilines is 2. The number of ether oxygens (including phenoxy) is 2. The Morgan fingerprint density at radius 3 is 2.46 bits per heavy atom. The Labute approximate surface area is 234 Å². The van der Waals surface area contributed by atoms with Gasteiger partial charge in [-0.25, -0.2) is 9.59 Å². The summed E-state index contributed by atoms with van der Waals surface area (Å²) in [5.74, 6) is -0.280. The molecular weight excluding hydrogens is 564 g/mol. The quantitative estimate of drug-likeness (QED) is 0.247. The number of para-hydroxylation sites is 1. The highest BCUT2D eigenvalue weighted by Gasteiger charge is 2.19. The Bertz CT molecular complexity index is 1440. The van der Waals surface area contributed by atoms with Gasteiger partial charge < -0.3 is 19.7 Å². The molecule has 3 aromatic carbocycles. The number of hydrogen-bond acceptors (Lipinski definition) is 6. The van der Waals surface area contributed by atoms with Crippen LogP contribution in [-0.2, 0) is 9.47 Å². The van der Waals surface area contributed by atoms with E-state index in [-0.39, 0.29) is 25.7 Å². The fourth-order valence-corrected chi connectivity index (χ4v) is 4.20. The number of nitrogens with zero attached hydrogens (tertiary/aromatic N) is 2. The number of hydrogen-bond donors (Lipinski definition) is 2. The number of nitrogens with one attached hydrogen (secondary N) is 2. The van der Waals surface area contributed by atoms with E-state index in [1.807, 2.05) is 54.6 Å². The maximum Gasteiger partial charge on any atom is 0.411 e. The summed E-state index contributed by atoms with van der Waals surface area (Å²) in [7, 11) is 0. The monoisotopic (exact) mass is 590 g/mol. The number of fused-ring (bicyclic) bond motifs is 1. The molecule has 200 valence electrons. The van der Waals surface area contributed by atoms with Crippen molar-refractivity contribution in [3.05, 3.63) is 101 Å². The molecule has 0 radical (unpaired) electrons. The molecule has 1 aromatic heterocycles.